The van der Waals surface area contributed by atoms with Crippen LogP contribution in [0.2, 0.25) is 0 Å². The summed E-state index contributed by atoms with van der Waals surface area (Å²) < 4.78 is 21.3. The van der Waals surface area contributed by atoms with Gasteiger partial charge in [-0.1, -0.05) is 18.2 Å². The first-order valence-electron chi connectivity index (χ1n) is 11.2. The highest BCUT2D eigenvalue weighted by atomic mass is 16.6. The van der Waals surface area contributed by atoms with E-state index in [1.54, 1.807) is 58.2 Å². The third kappa shape index (κ3) is 7.91. The van der Waals surface area contributed by atoms with E-state index in [1.165, 1.54) is 14.2 Å². The number of ether oxygens (including phenoxy) is 4. The molecular weight excluding hydrogens is 452 g/mol. The maximum atomic E-state index is 13.3. The molecule has 0 radical (unpaired) electrons. The molecule has 0 aliphatic carbocycles. The van der Waals surface area contributed by atoms with E-state index >= 15 is 0 Å². The fourth-order valence-electron chi connectivity index (χ4n) is 3.49. The van der Waals surface area contributed by atoms with Gasteiger partial charge in [-0.25, -0.2) is 4.79 Å². The monoisotopic (exact) mass is 486 g/mol. The van der Waals surface area contributed by atoms with Crippen molar-refractivity contribution in [1.29, 1.82) is 0 Å². The van der Waals surface area contributed by atoms with Crippen LogP contribution >= 0.6 is 0 Å². The van der Waals surface area contributed by atoms with Crippen LogP contribution in [0.4, 0.5) is 4.79 Å². The number of carbonyl (C=O) groups excluding carboxylic acids is 3. The molecule has 1 atom stereocenters. The molecule has 2 rings (SSSR count). The number of amides is 2. The Morgan fingerprint density at radius 3 is 2.26 bits per heavy atom. The van der Waals surface area contributed by atoms with Crippen molar-refractivity contribution in [3.63, 3.8) is 0 Å². The minimum Gasteiger partial charge on any atom is -0.496 e. The average Bonchev–Trinajstić information content (AvgIpc) is 2.83. The second-order valence-corrected chi connectivity index (χ2v) is 8.75. The molecule has 35 heavy (non-hydrogen) atoms. The van der Waals surface area contributed by atoms with Gasteiger partial charge in [0.1, 0.15) is 11.4 Å². The lowest BCUT2D eigenvalue weighted by molar-refractivity contribution is 0.0525. The SMILES string of the molecule is COc1ccc([C@@H](CCCNC(=O)OC(C)(C)C)NC(=O)c2c(C=O)cccc2OC)cc1OC. The van der Waals surface area contributed by atoms with E-state index < -0.39 is 23.6 Å². The van der Waals surface area contributed by atoms with Crippen LogP contribution in [0, 0.1) is 0 Å². The molecular formula is C26H34N2O7. The molecule has 2 aromatic rings. The van der Waals surface area contributed by atoms with Gasteiger partial charge in [0.2, 0.25) is 0 Å². The minimum atomic E-state index is -0.592. The van der Waals surface area contributed by atoms with E-state index in [-0.39, 0.29) is 11.1 Å². The fourth-order valence-corrected chi connectivity index (χ4v) is 3.49. The van der Waals surface area contributed by atoms with Gasteiger partial charge in [-0.15, -0.1) is 0 Å². The van der Waals surface area contributed by atoms with Crippen LogP contribution in [0.15, 0.2) is 36.4 Å². The normalized spacial score (nSPS) is 11.7. The van der Waals surface area contributed by atoms with E-state index in [0.717, 1.165) is 5.56 Å². The Morgan fingerprint density at radius 1 is 0.971 bits per heavy atom. The Bertz CT molecular complexity index is 1030. The summed E-state index contributed by atoms with van der Waals surface area (Å²) in [6.07, 6.45) is 1.15. The maximum Gasteiger partial charge on any atom is 0.407 e. The fraction of sp³-hybridized carbons (Fsp3) is 0.423. The van der Waals surface area contributed by atoms with Crippen LogP contribution in [0.25, 0.3) is 0 Å². The first-order chi connectivity index (χ1) is 16.6. The molecule has 0 aromatic heterocycles. The number of rotatable bonds is 11. The van der Waals surface area contributed by atoms with E-state index in [1.807, 2.05) is 6.07 Å². The summed E-state index contributed by atoms with van der Waals surface area (Å²) in [5.41, 5.74) is 0.559. The van der Waals surface area contributed by atoms with Gasteiger partial charge in [-0.05, 0) is 57.4 Å². The van der Waals surface area contributed by atoms with Crippen LogP contribution < -0.4 is 24.8 Å². The van der Waals surface area contributed by atoms with Crippen LogP contribution in [-0.4, -0.2) is 51.8 Å². The third-order valence-corrected chi connectivity index (χ3v) is 5.09. The molecule has 2 aromatic carbocycles. The highest BCUT2D eigenvalue weighted by molar-refractivity contribution is 6.04. The molecule has 190 valence electrons. The summed E-state index contributed by atoms with van der Waals surface area (Å²) in [5.74, 6) is 0.914. The molecule has 2 amide bonds. The van der Waals surface area contributed by atoms with Gasteiger partial charge in [-0.2, -0.15) is 0 Å². The van der Waals surface area contributed by atoms with Gasteiger partial charge in [0.25, 0.3) is 5.91 Å². The molecule has 0 unspecified atom stereocenters. The lowest BCUT2D eigenvalue weighted by Crippen LogP contribution is -2.34. The lowest BCUT2D eigenvalue weighted by Gasteiger charge is -2.22. The van der Waals surface area contributed by atoms with E-state index in [0.29, 0.717) is 42.9 Å². The zero-order chi connectivity index (χ0) is 26.0. The molecule has 0 fully saturated rings. The Morgan fingerprint density at radius 2 is 1.66 bits per heavy atom. The number of aldehydes is 1. The third-order valence-electron chi connectivity index (χ3n) is 5.09. The molecule has 9 nitrogen and oxygen atoms in total. The van der Waals surface area contributed by atoms with E-state index in [9.17, 15) is 14.4 Å². The number of hydrogen-bond acceptors (Lipinski definition) is 7. The summed E-state index contributed by atoms with van der Waals surface area (Å²) in [7, 11) is 4.52. The van der Waals surface area contributed by atoms with Gasteiger partial charge < -0.3 is 29.6 Å². The van der Waals surface area contributed by atoms with E-state index in [2.05, 4.69) is 10.6 Å². The highest BCUT2D eigenvalue weighted by Gasteiger charge is 2.23. The molecule has 0 aliphatic heterocycles. The molecule has 0 spiro atoms. The van der Waals surface area contributed by atoms with Crippen LogP contribution in [-0.2, 0) is 4.74 Å². The zero-order valence-electron chi connectivity index (χ0n) is 21.1. The topological polar surface area (TPSA) is 112 Å². The average molecular weight is 487 g/mol. The van der Waals surface area contributed by atoms with Crippen molar-refractivity contribution in [3.8, 4) is 17.2 Å². The molecule has 0 bridgehead atoms. The van der Waals surface area contributed by atoms with Gasteiger partial charge in [0.05, 0.1) is 32.9 Å². The zero-order valence-corrected chi connectivity index (χ0v) is 21.1. The number of nitrogens with one attached hydrogen (secondary N) is 2. The molecule has 2 N–H and O–H groups in total. The smallest absolute Gasteiger partial charge is 0.407 e. The lowest BCUT2D eigenvalue weighted by atomic mass is 9.99. The summed E-state index contributed by atoms with van der Waals surface area (Å²) in [6, 6.07) is 9.75. The summed E-state index contributed by atoms with van der Waals surface area (Å²) >= 11 is 0. The molecule has 0 saturated heterocycles. The van der Waals surface area contributed by atoms with Crippen LogP contribution in [0.3, 0.4) is 0 Å². The Balaban J connectivity index is 2.25. The van der Waals surface area contributed by atoms with Gasteiger partial charge in [0, 0.05) is 12.1 Å². The number of alkyl carbamates (subject to hydrolysis) is 1. The first kappa shape index (κ1) is 27.5. The predicted octanol–water partition coefficient (Wildman–Crippen LogP) is 4.30. The number of hydrogen-bond donors (Lipinski definition) is 2. The van der Waals surface area contributed by atoms with Crippen LogP contribution in [0.1, 0.15) is 65.9 Å². The van der Waals surface area contributed by atoms with Crippen molar-refractivity contribution in [3.05, 3.63) is 53.1 Å². The van der Waals surface area contributed by atoms with Crippen LogP contribution in [0.5, 0.6) is 17.2 Å². The first-order valence-corrected chi connectivity index (χ1v) is 11.2. The summed E-state index contributed by atoms with van der Waals surface area (Å²) in [6.45, 7) is 5.73. The van der Waals surface area contributed by atoms with Gasteiger partial charge in [-0.3, -0.25) is 9.59 Å². The van der Waals surface area contributed by atoms with Crippen molar-refractivity contribution in [2.45, 2.75) is 45.3 Å². The van der Waals surface area contributed by atoms with Gasteiger partial charge in [0.15, 0.2) is 17.8 Å². The molecule has 0 saturated carbocycles. The molecule has 0 aliphatic rings. The minimum absolute atomic E-state index is 0.155. The largest absolute Gasteiger partial charge is 0.496 e. The standard InChI is InChI=1S/C26H34N2O7/c1-26(2,3)35-25(31)27-14-8-10-19(17-12-13-20(32-4)22(15-17)34-6)28-24(30)23-18(16-29)9-7-11-21(23)33-5/h7,9,11-13,15-16,19H,8,10,14H2,1-6H3,(H,27,31)(H,28,30)/t19-/m1/s1. The van der Waals surface area contributed by atoms with Crippen molar-refractivity contribution in [2.24, 2.45) is 0 Å². The highest BCUT2D eigenvalue weighted by Crippen LogP contribution is 2.32. The number of methoxy groups -OCH3 is 3. The predicted molar refractivity (Wildman–Crippen MR) is 132 cm³/mol. The second kappa shape index (κ2) is 12.6. The number of benzene rings is 2. The maximum absolute atomic E-state index is 13.3. The van der Waals surface area contributed by atoms with Gasteiger partial charge >= 0.3 is 6.09 Å². The molecule has 9 heteroatoms. The quantitative estimate of drug-likeness (QED) is 0.360. The number of carbonyl (C=O) groups is 3. The Hall–Kier alpha value is -3.75. The van der Waals surface area contributed by atoms with Crippen molar-refractivity contribution in [1.82, 2.24) is 10.6 Å². The summed E-state index contributed by atoms with van der Waals surface area (Å²) in [4.78, 5) is 36.8. The Kier molecular flexibility index (Phi) is 9.93. The second-order valence-electron chi connectivity index (χ2n) is 8.75. The van der Waals surface area contributed by atoms with Crippen molar-refractivity contribution >= 4 is 18.3 Å². The van der Waals surface area contributed by atoms with E-state index in [4.69, 9.17) is 18.9 Å². The molecule has 0 heterocycles. The summed E-state index contributed by atoms with van der Waals surface area (Å²) in [5, 5.41) is 5.72. The van der Waals surface area contributed by atoms with Crippen molar-refractivity contribution < 1.29 is 33.3 Å². The van der Waals surface area contributed by atoms with Crippen molar-refractivity contribution in [2.75, 3.05) is 27.9 Å². The Labute approximate surface area is 206 Å².